The molecule has 0 bridgehead atoms. The van der Waals surface area contributed by atoms with Gasteiger partial charge in [0.05, 0.1) is 0 Å². The fraction of sp³-hybridized carbons (Fsp3) is 0.0909. The van der Waals surface area contributed by atoms with E-state index in [0.29, 0.717) is 12.2 Å². The van der Waals surface area contributed by atoms with Gasteiger partial charge in [-0.3, -0.25) is 9.59 Å². The molecule has 26 heavy (non-hydrogen) atoms. The maximum atomic E-state index is 12.2. The van der Waals surface area contributed by atoms with Gasteiger partial charge in [-0.05, 0) is 23.3 Å². The molecule has 3 aromatic rings. The second-order valence-corrected chi connectivity index (χ2v) is 5.90. The largest absolute Gasteiger partial charge is 0.347 e. The van der Waals surface area contributed by atoms with Crippen LogP contribution in [0.2, 0.25) is 0 Å². The molecular formula is C22H20N2O2. The molecule has 0 unspecified atom stereocenters. The van der Waals surface area contributed by atoms with Crippen molar-refractivity contribution in [2.24, 2.45) is 0 Å². The lowest BCUT2D eigenvalue weighted by Gasteiger charge is -2.18. The molecule has 0 saturated carbocycles. The van der Waals surface area contributed by atoms with Gasteiger partial charge in [0.1, 0.15) is 0 Å². The van der Waals surface area contributed by atoms with Gasteiger partial charge < -0.3 is 10.6 Å². The minimum absolute atomic E-state index is 0.0223. The van der Waals surface area contributed by atoms with Gasteiger partial charge in [-0.1, -0.05) is 78.9 Å². The average molecular weight is 344 g/mol. The first-order chi connectivity index (χ1) is 12.7. The summed E-state index contributed by atoms with van der Waals surface area (Å²) < 4.78 is 0. The Kier molecular flexibility index (Phi) is 5.78. The molecule has 4 heteroatoms. The Morgan fingerprint density at radius 1 is 0.654 bits per heavy atom. The lowest BCUT2D eigenvalue weighted by atomic mass is 9.91. The fourth-order valence-electron chi connectivity index (χ4n) is 2.78. The minimum atomic E-state index is -0.670. The number of nitrogens with one attached hydrogen (secondary N) is 2. The number of rotatable bonds is 5. The van der Waals surface area contributed by atoms with Crippen LogP contribution in [0.3, 0.4) is 0 Å². The van der Waals surface area contributed by atoms with Gasteiger partial charge in [0.15, 0.2) is 0 Å². The highest BCUT2D eigenvalue weighted by Crippen LogP contribution is 2.23. The van der Waals surface area contributed by atoms with E-state index in [0.717, 1.165) is 11.1 Å². The standard InChI is InChI=1S/C22H20N2O2/c25-21(22(26)24-19-14-8-3-9-15-19)23-16-20(17-10-4-1-5-11-17)18-12-6-2-7-13-18/h1-15,20H,16H2,(H,23,25)(H,24,26). The summed E-state index contributed by atoms with van der Waals surface area (Å²) in [5, 5.41) is 5.34. The van der Waals surface area contributed by atoms with Gasteiger partial charge in [-0.25, -0.2) is 0 Å². The molecule has 0 aliphatic rings. The van der Waals surface area contributed by atoms with Crippen LogP contribution in [0.4, 0.5) is 5.69 Å². The van der Waals surface area contributed by atoms with Crippen molar-refractivity contribution in [1.82, 2.24) is 5.32 Å². The number of carbonyl (C=O) groups is 2. The van der Waals surface area contributed by atoms with Crippen molar-refractivity contribution in [2.75, 3.05) is 11.9 Å². The summed E-state index contributed by atoms with van der Waals surface area (Å²) in [6.07, 6.45) is 0. The molecule has 2 amide bonds. The van der Waals surface area contributed by atoms with Crippen molar-refractivity contribution in [3.8, 4) is 0 Å². The number of amides is 2. The van der Waals surface area contributed by atoms with Crippen LogP contribution in [0.5, 0.6) is 0 Å². The summed E-state index contributed by atoms with van der Waals surface area (Å²) in [6, 6.07) is 28.8. The third-order valence-electron chi connectivity index (χ3n) is 4.11. The molecule has 0 aliphatic heterocycles. The summed E-state index contributed by atoms with van der Waals surface area (Å²) in [5.41, 5.74) is 2.76. The molecule has 0 saturated heterocycles. The van der Waals surface area contributed by atoms with E-state index in [-0.39, 0.29) is 5.92 Å². The van der Waals surface area contributed by atoms with Crippen molar-refractivity contribution in [3.05, 3.63) is 102 Å². The molecule has 0 radical (unpaired) electrons. The highest BCUT2D eigenvalue weighted by atomic mass is 16.2. The van der Waals surface area contributed by atoms with Crippen molar-refractivity contribution < 1.29 is 9.59 Å². The van der Waals surface area contributed by atoms with Gasteiger partial charge in [0.2, 0.25) is 0 Å². The Bertz CT molecular complexity index is 810. The quantitative estimate of drug-likeness (QED) is 0.695. The van der Waals surface area contributed by atoms with Gasteiger partial charge in [0.25, 0.3) is 0 Å². The first-order valence-corrected chi connectivity index (χ1v) is 8.48. The predicted molar refractivity (Wildman–Crippen MR) is 103 cm³/mol. The number of carbonyl (C=O) groups excluding carboxylic acids is 2. The SMILES string of the molecule is O=C(NCC(c1ccccc1)c1ccccc1)C(=O)Nc1ccccc1. The van der Waals surface area contributed by atoms with Gasteiger partial charge in [0, 0.05) is 18.2 Å². The summed E-state index contributed by atoms with van der Waals surface area (Å²) in [6.45, 7) is 0.342. The van der Waals surface area contributed by atoms with E-state index in [1.165, 1.54) is 0 Å². The second kappa shape index (κ2) is 8.62. The van der Waals surface area contributed by atoms with Gasteiger partial charge in [-0.2, -0.15) is 0 Å². The predicted octanol–water partition coefficient (Wildman–Crippen LogP) is 3.57. The Balaban J connectivity index is 1.68. The molecular weight excluding hydrogens is 324 g/mol. The van der Waals surface area contributed by atoms with Crippen LogP contribution < -0.4 is 10.6 Å². The van der Waals surface area contributed by atoms with Crippen LogP contribution in [0, 0.1) is 0 Å². The topological polar surface area (TPSA) is 58.2 Å². The summed E-state index contributed by atoms with van der Waals surface area (Å²) >= 11 is 0. The Morgan fingerprint density at radius 3 is 1.62 bits per heavy atom. The van der Waals surface area contributed by atoms with E-state index >= 15 is 0 Å². The number of anilines is 1. The van der Waals surface area contributed by atoms with E-state index in [9.17, 15) is 9.59 Å². The van der Waals surface area contributed by atoms with E-state index < -0.39 is 11.8 Å². The molecule has 0 atom stereocenters. The molecule has 0 spiro atoms. The number of hydrogen-bond donors (Lipinski definition) is 2. The van der Waals surface area contributed by atoms with E-state index in [1.54, 1.807) is 24.3 Å². The summed E-state index contributed by atoms with van der Waals surface area (Å²) in [5.74, 6) is -1.34. The van der Waals surface area contributed by atoms with Crippen molar-refractivity contribution in [3.63, 3.8) is 0 Å². The number of hydrogen-bond acceptors (Lipinski definition) is 2. The second-order valence-electron chi connectivity index (χ2n) is 5.90. The third kappa shape index (κ3) is 4.57. The zero-order valence-electron chi connectivity index (χ0n) is 14.3. The van der Waals surface area contributed by atoms with Crippen LogP contribution in [-0.4, -0.2) is 18.4 Å². The Hall–Kier alpha value is -3.40. The highest BCUT2D eigenvalue weighted by molar-refractivity contribution is 6.39. The highest BCUT2D eigenvalue weighted by Gasteiger charge is 2.18. The normalized spacial score (nSPS) is 10.3. The maximum Gasteiger partial charge on any atom is 0.313 e. The molecule has 2 N–H and O–H groups in total. The van der Waals surface area contributed by atoms with Crippen LogP contribution >= 0.6 is 0 Å². The van der Waals surface area contributed by atoms with E-state index in [4.69, 9.17) is 0 Å². The molecule has 0 fully saturated rings. The monoisotopic (exact) mass is 344 g/mol. The molecule has 4 nitrogen and oxygen atoms in total. The first-order valence-electron chi connectivity index (χ1n) is 8.48. The molecule has 130 valence electrons. The zero-order valence-corrected chi connectivity index (χ0v) is 14.3. The van der Waals surface area contributed by atoms with Crippen LogP contribution in [-0.2, 0) is 9.59 Å². The Morgan fingerprint density at radius 2 is 1.12 bits per heavy atom. The van der Waals surface area contributed by atoms with Gasteiger partial charge in [-0.15, -0.1) is 0 Å². The van der Waals surface area contributed by atoms with E-state index in [2.05, 4.69) is 10.6 Å². The smallest absolute Gasteiger partial charge is 0.313 e. The van der Waals surface area contributed by atoms with Crippen molar-refractivity contribution in [1.29, 1.82) is 0 Å². The lowest BCUT2D eigenvalue weighted by molar-refractivity contribution is -0.136. The average Bonchev–Trinajstić information content (AvgIpc) is 2.70. The lowest BCUT2D eigenvalue weighted by Crippen LogP contribution is -2.37. The summed E-state index contributed by atoms with van der Waals surface area (Å²) in [4.78, 5) is 24.3. The summed E-state index contributed by atoms with van der Waals surface area (Å²) in [7, 11) is 0. The van der Waals surface area contributed by atoms with E-state index in [1.807, 2.05) is 66.7 Å². The fourth-order valence-corrected chi connectivity index (χ4v) is 2.78. The zero-order chi connectivity index (χ0) is 18.2. The van der Waals surface area contributed by atoms with Crippen LogP contribution in [0.1, 0.15) is 17.0 Å². The van der Waals surface area contributed by atoms with Crippen molar-refractivity contribution >= 4 is 17.5 Å². The minimum Gasteiger partial charge on any atom is -0.347 e. The molecule has 3 rings (SSSR count). The van der Waals surface area contributed by atoms with Crippen molar-refractivity contribution in [2.45, 2.75) is 5.92 Å². The number of para-hydroxylation sites is 1. The van der Waals surface area contributed by atoms with Crippen LogP contribution in [0.15, 0.2) is 91.0 Å². The number of benzene rings is 3. The molecule has 0 heterocycles. The Labute approximate surface area is 152 Å². The van der Waals surface area contributed by atoms with Gasteiger partial charge >= 0.3 is 11.8 Å². The molecule has 3 aromatic carbocycles. The third-order valence-corrected chi connectivity index (χ3v) is 4.11. The molecule has 0 aliphatic carbocycles. The maximum absolute atomic E-state index is 12.2. The van der Waals surface area contributed by atoms with Crippen LogP contribution in [0.25, 0.3) is 0 Å². The first kappa shape index (κ1) is 17.4. The molecule has 0 aromatic heterocycles.